The molecule has 0 saturated heterocycles. The second-order valence-corrected chi connectivity index (χ2v) is 5.10. The van der Waals surface area contributed by atoms with Gasteiger partial charge in [0.25, 0.3) is 0 Å². The monoisotopic (exact) mass is 318 g/mol. The van der Waals surface area contributed by atoms with Crippen LogP contribution in [0, 0.1) is 0 Å². The summed E-state index contributed by atoms with van der Waals surface area (Å²) in [4.78, 5) is 12.0. The van der Waals surface area contributed by atoms with Crippen LogP contribution in [-0.2, 0) is 4.79 Å². The summed E-state index contributed by atoms with van der Waals surface area (Å²) in [5.74, 6) is 0.614. The Morgan fingerprint density at radius 2 is 2.00 bits per heavy atom. The predicted octanol–water partition coefficient (Wildman–Crippen LogP) is 4.18. The van der Waals surface area contributed by atoms with Crippen molar-refractivity contribution in [2.45, 2.75) is 13.3 Å². The Balaban J connectivity index is 1.83. The molecule has 0 radical (unpaired) electrons. The van der Waals surface area contributed by atoms with Crippen molar-refractivity contribution < 1.29 is 9.53 Å². The van der Waals surface area contributed by atoms with Gasteiger partial charge in [-0.3, -0.25) is 4.79 Å². The molecule has 0 bridgehead atoms. The van der Waals surface area contributed by atoms with Gasteiger partial charge in [-0.2, -0.15) is 0 Å². The van der Waals surface area contributed by atoms with Gasteiger partial charge in [0.2, 0.25) is 5.91 Å². The SMILES string of the molecule is CCOc1ccccc1NC(=O)CCNc1cccc(Cl)c1. The molecule has 0 aliphatic carbocycles. The molecule has 2 aromatic rings. The molecule has 2 N–H and O–H groups in total. The Bertz CT molecular complexity index is 632. The molecular formula is C17H19ClN2O2. The minimum atomic E-state index is -0.0679. The Labute approximate surface area is 135 Å². The average molecular weight is 319 g/mol. The van der Waals surface area contributed by atoms with Gasteiger partial charge in [0, 0.05) is 23.7 Å². The van der Waals surface area contributed by atoms with E-state index in [4.69, 9.17) is 16.3 Å². The molecule has 4 nitrogen and oxygen atoms in total. The van der Waals surface area contributed by atoms with E-state index >= 15 is 0 Å². The quantitative estimate of drug-likeness (QED) is 0.805. The van der Waals surface area contributed by atoms with Crippen molar-refractivity contribution in [3.05, 3.63) is 53.6 Å². The number of para-hydroxylation sites is 2. The summed E-state index contributed by atoms with van der Waals surface area (Å²) in [7, 11) is 0. The molecule has 0 unspecified atom stereocenters. The van der Waals surface area contributed by atoms with Crippen LogP contribution in [0.1, 0.15) is 13.3 Å². The lowest BCUT2D eigenvalue weighted by Crippen LogP contribution is -2.16. The fourth-order valence-electron chi connectivity index (χ4n) is 1.98. The van der Waals surface area contributed by atoms with Gasteiger partial charge in [0.15, 0.2) is 0 Å². The minimum absolute atomic E-state index is 0.0679. The normalized spacial score (nSPS) is 10.1. The Hall–Kier alpha value is -2.20. The standard InChI is InChI=1S/C17H19ClN2O2/c1-2-22-16-9-4-3-8-15(16)20-17(21)10-11-19-14-7-5-6-13(18)12-14/h3-9,12,19H,2,10-11H2,1H3,(H,20,21). The van der Waals surface area contributed by atoms with Crippen LogP contribution in [0.25, 0.3) is 0 Å². The molecule has 0 aromatic heterocycles. The summed E-state index contributed by atoms with van der Waals surface area (Å²) in [5, 5.41) is 6.70. The maximum Gasteiger partial charge on any atom is 0.226 e. The predicted molar refractivity (Wildman–Crippen MR) is 90.8 cm³/mol. The van der Waals surface area contributed by atoms with Gasteiger partial charge in [-0.15, -0.1) is 0 Å². The molecule has 22 heavy (non-hydrogen) atoms. The summed E-state index contributed by atoms with van der Waals surface area (Å²) in [5.41, 5.74) is 1.59. The van der Waals surface area contributed by atoms with E-state index in [2.05, 4.69) is 10.6 Å². The fourth-order valence-corrected chi connectivity index (χ4v) is 2.17. The first kappa shape index (κ1) is 16.2. The number of nitrogens with one attached hydrogen (secondary N) is 2. The average Bonchev–Trinajstić information content (AvgIpc) is 2.49. The third-order valence-electron chi connectivity index (χ3n) is 2.97. The fraction of sp³-hybridized carbons (Fsp3) is 0.235. The minimum Gasteiger partial charge on any atom is -0.492 e. The second kappa shape index (κ2) is 8.29. The lowest BCUT2D eigenvalue weighted by Gasteiger charge is -2.11. The maximum absolute atomic E-state index is 12.0. The molecular weight excluding hydrogens is 300 g/mol. The van der Waals surface area contributed by atoms with Gasteiger partial charge in [-0.25, -0.2) is 0 Å². The van der Waals surface area contributed by atoms with Crippen molar-refractivity contribution in [1.29, 1.82) is 0 Å². The molecule has 2 aromatic carbocycles. The number of carbonyl (C=O) groups excluding carboxylic acids is 1. The van der Waals surface area contributed by atoms with Gasteiger partial charge in [0.05, 0.1) is 12.3 Å². The van der Waals surface area contributed by atoms with Crippen LogP contribution < -0.4 is 15.4 Å². The van der Waals surface area contributed by atoms with Crippen molar-refractivity contribution >= 4 is 28.9 Å². The number of ether oxygens (including phenoxy) is 1. The Kier molecular flexibility index (Phi) is 6.10. The molecule has 2 rings (SSSR count). The zero-order chi connectivity index (χ0) is 15.8. The summed E-state index contributed by atoms with van der Waals surface area (Å²) in [6.45, 7) is 3.00. The first-order valence-corrected chi connectivity index (χ1v) is 7.58. The summed E-state index contributed by atoms with van der Waals surface area (Å²) in [6.07, 6.45) is 0.354. The van der Waals surface area contributed by atoms with E-state index in [1.807, 2.05) is 55.5 Å². The highest BCUT2D eigenvalue weighted by atomic mass is 35.5. The third-order valence-corrected chi connectivity index (χ3v) is 3.20. The van der Waals surface area contributed by atoms with E-state index in [0.29, 0.717) is 36.0 Å². The van der Waals surface area contributed by atoms with Crippen LogP contribution >= 0.6 is 11.6 Å². The Morgan fingerprint density at radius 3 is 2.77 bits per heavy atom. The number of carbonyl (C=O) groups is 1. The van der Waals surface area contributed by atoms with Crippen LogP contribution in [0.2, 0.25) is 5.02 Å². The summed E-state index contributed by atoms with van der Waals surface area (Å²) < 4.78 is 5.48. The molecule has 0 aliphatic heterocycles. The first-order valence-electron chi connectivity index (χ1n) is 7.20. The molecule has 116 valence electrons. The highest BCUT2D eigenvalue weighted by Crippen LogP contribution is 2.23. The molecule has 1 amide bonds. The van der Waals surface area contributed by atoms with Crippen LogP contribution in [0.5, 0.6) is 5.75 Å². The maximum atomic E-state index is 12.0. The zero-order valence-corrected chi connectivity index (χ0v) is 13.2. The van der Waals surface area contributed by atoms with Crippen molar-refractivity contribution in [1.82, 2.24) is 0 Å². The van der Waals surface area contributed by atoms with E-state index in [1.165, 1.54) is 0 Å². The van der Waals surface area contributed by atoms with Gasteiger partial charge in [-0.1, -0.05) is 29.8 Å². The van der Waals surface area contributed by atoms with Crippen molar-refractivity contribution in [3.8, 4) is 5.75 Å². The highest BCUT2D eigenvalue weighted by Gasteiger charge is 2.07. The third kappa shape index (κ3) is 4.97. The summed E-state index contributed by atoms with van der Waals surface area (Å²) in [6, 6.07) is 14.8. The highest BCUT2D eigenvalue weighted by molar-refractivity contribution is 6.30. The number of rotatable bonds is 7. The van der Waals surface area contributed by atoms with Gasteiger partial charge in [0.1, 0.15) is 5.75 Å². The largest absolute Gasteiger partial charge is 0.492 e. The van der Waals surface area contributed by atoms with Crippen LogP contribution in [0.3, 0.4) is 0 Å². The van der Waals surface area contributed by atoms with E-state index < -0.39 is 0 Å². The van der Waals surface area contributed by atoms with Crippen molar-refractivity contribution in [3.63, 3.8) is 0 Å². The van der Waals surface area contributed by atoms with Gasteiger partial charge >= 0.3 is 0 Å². The molecule has 0 saturated carbocycles. The second-order valence-electron chi connectivity index (χ2n) is 4.66. The first-order chi connectivity index (χ1) is 10.7. The molecule has 0 spiro atoms. The van der Waals surface area contributed by atoms with Gasteiger partial charge in [-0.05, 0) is 37.3 Å². The van der Waals surface area contributed by atoms with Crippen molar-refractivity contribution in [2.24, 2.45) is 0 Å². The van der Waals surface area contributed by atoms with Gasteiger partial charge < -0.3 is 15.4 Å². The number of hydrogen-bond acceptors (Lipinski definition) is 3. The van der Waals surface area contributed by atoms with E-state index in [9.17, 15) is 4.79 Å². The topological polar surface area (TPSA) is 50.4 Å². The van der Waals surface area contributed by atoms with Crippen LogP contribution in [0.4, 0.5) is 11.4 Å². The molecule has 5 heteroatoms. The smallest absolute Gasteiger partial charge is 0.226 e. The number of amides is 1. The van der Waals surface area contributed by atoms with Crippen LogP contribution in [0.15, 0.2) is 48.5 Å². The van der Waals surface area contributed by atoms with Crippen molar-refractivity contribution in [2.75, 3.05) is 23.8 Å². The summed E-state index contributed by atoms with van der Waals surface area (Å²) >= 11 is 5.91. The number of hydrogen-bond donors (Lipinski definition) is 2. The van der Waals surface area contributed by atoms with E-state index in [-0.39, 0.29) is 5.91 Å². The lowest BCUT2D eigenvalue weighted by molar-refractivity contribution is -0.116. The van der Waals surface area contributed by atoms with Crippen LogP contribution in [-0.4, -0.2) is 19.1 Å². The van der Waals surface area contributed by atoms with E-state index in [0.717, 1.165) is 5.69 Å². The number of halogens is 1. The lowest BCUT2D eigenvalue weighted by atomic mass is 10.2. The molecule has 0 atom stereocenters. The Morgan fingerprint density at radius 1 is 1.18 bits per heavy atom. The zero-order valence-electron chi connectivity index (χ0n) is 12.4. The number of benzene rings is 2. The van der Waals surface area contributed by atoms with E-state index in [1.54, 1.807) is 0 Å². The molecule has 0 heterocycles. The molecule has 0 fully saturated rings. The molecule has 0 aliphatic rings. The number of anilines is 2.